The number of Topliss-reactive ketones (excluding diaryl/α,β-unsaturated/α-hetero) is 2. The van der Waals surface area contributed by atoms with Crippen molar-refractivity contribution in [2.75, 3.05) is 30.8 Å². The first kappa shape index (κ1) is 18.7. The van der Waals surface area contributed by atoms with Crippen LogP contribution in [0.1, 0.15) is 16.7 Å². The van der Waals surface area contributed by atoms with Crippen LogP contribution in [0.4, 0.5) is 16.0 Å². The first-order chi connectivity index (χ1) is 13.0. The molecule has 3 rings (SSSR count). The zero-order chi connectivity index (χ0) is 19.4. The van der Waals surface area contributed by atoms with Gasteiger partial charge in [0.2, 0.25) is 5.95 Å². The second-order valence-electron chi connectivity index (χ2n) is 6.16. The van der Waals surface area contributed by atoms with Crippen LogP contribution < -0.4 is 16.4 Å². The van der Waals surface area contributed by atoms with Crippen molar-refractivity contribution < 1.29 is 14.0 Å². The van der Waals surface area contributed by atoms with Gasteiger partial charge in [0.25, 0.3) is 0 Å². The number of nitrogens with one attached hydrogen (secondary N) is 2. The maximum atomic E-state index is 13.8. The number of hydrogen-bond donors (Lipinski definition) is 3. The maximum Gasteiger partial charge on any atom is 0.222 e. The molecule has 0 unspecified atom stereocenters. The van der Waals surface area contributed by atoms with Gasteiger partial charge in [0.1, 0.15) is 5.82 Å². The van der Waals surface area contributed by atoms with E-state index in [9.17, 15) is 14.0 Å². The first-order valence-corrected chi connectivity index (χ1v) is 8.55. The van der Waals surface area contributed by atoms with E-state index in [0.29, 0.717) is 41.4 Å². The Morgan fingerprint density at radius 3 is 2.70 bits per heavy atom. The molecule has 0 spiro atoms. The summed E-state index contributed by atoms with van der Waals surface area (Å²) < 4.78 is 13.8. The fourth-order valence-electron chi connectivity index (χ4n) is 2.94. The van der Waals surface area contributed by atoms with E-state index in [-0.39, 0.29) is 30.0 Å². The summed E-state index contributed by atoms with van der Waals surface area (Å²) in [5, 5.41) is 5.82. The minimum absolute atomic E-state index is 0.00171. The molecule has 2 aromatic rings. The van der Waals surface area contributed by atoms with Crippen LogP contribution in [0.25, 0.3) is 6.08 Å². The largest absolute Gasteiger partial charge is 0.388 e. The molecule has 0 aliphatic heterocycles. The summed E-state index contributed by atoms with van der Waals surface area (Å²) in [6.45, 7) is 1.00. The third kappa shape index (κ3) is 4.17. The average molecular weight is 369 g/mol. The smallest absolute Gasteiger partial charge is 0.222 e. The van der Waals surface area contributed by atoms with Crippen molar-refractivity contribution in [3.05, 3.63) is 52.6 Å². The number of carbonyl (C=O) groups excluding carboxylic acids is 2. The van der Waals surface area contributed by atoms with Crippen LogP contribution in [-0.2, 0) is 22.4 Å². The van der Waals surface area contributed by atoms with Crippen molar-refractivity contribution in [2.24, 2.45) is 5.73 Å². The second-order valence-corrected chi connectivity index (χ2v) is 6.16. The number of ketones is 2. The highest BCUT2D eigenvalue weighted by Crippen LogP contribution is 2.30. The topological polar surface area (TPSA) is 110 Å². The lowest BCUT2D eigenvalue weighted by Crippen LogP contribution is -2.21. The Labute approximate surface area is 155 Å². The van der Waals surface area contributed by atoms with Crippen LogP contribution in [0.2, 0.25) is 0 Å². The van der Waals surface area contributed by atoms with Crippen molar-refractivity contribution in [1.82, 2.24) is 9.97 Å². The van der Waals surface area contributed by atoms with Crippen LogP contribution in [0, 0.1) is 5.82 Å². The number of nitrogens with zero attached hydrogens (tertiary/aromatic N) is 2. The number of benzene rings is 1. The van der Waals surface area contributed by atoms with Crippen LogP contribution in [0.15, 0.2) is 30.1 Å². The van der Waals surface area contributed by atoms with E-state index in [4.69, 9.17) is 5.73 Å². The summed E-state index contributed by atoms with van der Waals surface area (Å²) in [5.41, 5.74) is 7.85. The molecule has 1 aliphatic carbocycles. The zero-order valence-electron chi connectivity index (χ0n) is 14.9. The highest BCUT2D eigenvalue weighted by molar-refractivity contribution is 6.25. The van der Waals surface area contributed by atoms with Crippen molar-refractivity contribution in [2.45, 2.75) is 12.8 Å². The van der Waals surface area contributed by atoms with Gasteiger partial charge in [0.05, 0.1) is 5.57 Å². The van der Waals surface area contributed by atoms with Gasteiger partial charge in [-0.2, -0.15) is 0 Å². The molecule has 1 aromatic carbocycles. The van der Waals surface area contributed by atoms with Gasteiger partial charge in [-0.25, -0.2) is 14.4 Å². The quantitative estimate of drug-likeness (QED) is 0.632. The van der Waals surface area contributed by atoms with E-state index in [2.05, 4.69) is 20.6 Å². The maximum absolute atomic E-state index is 13.8. The van der Waals surface area contributed by atoms with Crippen molar-refractivity contribution >= 4 is 29.3 Å². The molecule has 0 amide bonds. The van der Waals surface area contributed by atoms with Crippen molar-refractivity contribution in [3.8, 4) is 0 Å². The Morgan fingerprint density at radius 1 is 1.30 bits per heavy atom. The third-order valence-corrected chi connectivity index (χ3v) is 4.25. The zero-order valence-corrected chi connectivity index (χ0v) is 14.9. The second kappa shape index (κ2) is 8.05. The molecule has 1 aromatic heterocycles. The molecule has 1 aliphatic rings. The van der Waals surface area contributed by atoms with Gasteiger partial charge in [0, 0.05) is 51.1 Å². The summed E-state index contributed by atoms with van der Waals surface area (Å²) in [5.74, 6) is -0.622. The Hall–Kier alpha value is -3.13. The minimum atomic E-state index is -0.426. The molecule has 8 heteroatoms. The van der Waals surface area contributed by atoms with E-state index >= 15 is 0 Å². The molecule has 27 heavy (non-hydrogen) atoms. The molecule has 0 saturated heterocycles. The highest BCUT2D eigenvalue weighted by Gasteiger charge is 2.26. The van der Waals surface area contributed by atoms with Gasteiger partial charge in [-0.1, -0.05) is 0 Å². The van der Waals surface area contributed by atoms with Crippen molar-refractivity contribution in [1.29, 1.82) is 0 Å². The average Bonchev–Trinajstić information content (AvgIpc) is 2.66. The molecule has 0 saturated carbocycles. The number of allylic oxidation sites excluding steroid dienone is 1. The number of hydrogen-bond acceptors (Lipinski definition) is 7. The van der Waals surface area contributed by atoms with Crippen LogP contribution >= 0.6 is 0 Å². The predicted octanol–water partition coefficient (Wildman–Crippen LogP) is 1.35. The van der Waals surface area contributed by atoms with Crippen LogP contribution in [-0.4, -0.2) is 41.7 Å². The van der Waals surface area contributed by atoms with Gasteiger partial charge < -0.3 is 16.4 Å². The van der Waals surface area contributed by atoms with Gasteiger partial charge in [-0.05, 0) is 34.9 Å². The van der Waals surface area contributed by atoms with Crippen molar-refractivity contribution in [3.63, 3.8) is 0 Å². The number of carbonyl (C=O) groups is 2. The summed E-state index contributed by atoms with van der Waals surface area (Å²) in [6.07, 6.45) is 4.58. The monoisotopic (exact) mass is 369 g/mol. The molecular weight excluding hydrogens is 349 g/mol. The Bertz CT molecular complexity index is 909. The lowest BCUT2D eigenvalue weighted by Gasteiger charge is -2.18. The Kier molecular flexibility index (Phi) is 5.56. The fraction of sp³-hybridized carbons (Fsp3) is 0.263. The van der Waals surface area contributed by atoms with E-state index < -0.39 is 5.82 Å². The standard InChI is InChI=1S/C19H20FN5O2/c1-22-16-7-13(20)5-12-6-15(18(27)8-14(12)16)17(26)4-11-9-24-19(25-10-11)23-3-2-21/h5-7,9-10,22H,2-4,8,21H2,1H3,(H,23,24,25). The molecule has 0 radical (unpaired) electrons. The lowest BCUT2D eigenvalue weighted by atomic mass is 9.87. The molecule has 140 valence electrons. The molecule has 4 N–H and O–H groups in total. The highest BCUT2D eigenvalue weighted by atomic mass is 19.1. The normalized spacial score (nSPS) is 13.0. The molecule has 1 heterocycles. The summed E-state index contributed by atoms with van der Waals surface area (Å²) in [7, 11) is 1.66. The van der Waals surface area contributed by atoms with E-state index in [1.807, 2.05) is 0 Å². The van der Waals surface area contributed by atoms with Crippen LogP contribution in [0.3, 0.4) is 0 Å². The van der Waals surface area contributed by atoms with Gasteiger partial charge in [-0.3, -0.25) is 9.59 Å². The lowest BCUT2D eigenvalue weighted by molar-refractivity contribution is -0.120. The number of fused-ring (bicyclic) bond motifs is 1. The Morgan fingerprint density at radius 2 is 2.04 bits per heavy atom. The summed E-state index contributed by atoms with van der Waals surface area (Å²) in [6, 6.07) is 2.67. The van der Waals surface area contributed by atoms with E-state index in [1.54, 1.807) is 7.05 Å². The number of anilines is 2. The number of nitrogens with two attached hydrogens (primary N) is 1. The molecule has 0 atom stereocenters. The molecule has 7 nitrogen and oxygen atoms in total. The Balaban J connectivity index is 1.80. The van der Waals surface area contributed by atoms with Gasteiger partial charge in [-0.15, -0.1) is 0 Å². The molecule has 0 bridgehead atoms. The van der Waals surface area contributed by atoms with Crippen LogP contribution in [0.5, 0.6) is 0 Å². The first-order valence-electron chi connectivity index (χ1n) is 8.55. The van der Waals surface area contributed by atoms with Gasteiger partial charge in [0.15, 0.2) is 11.6 Å². The number of rotatable bonds is 7. The predicted molar refractivity (Wildman–Crippen MR) is 101 cm³/mol. The SMILES string of the molecule is CNc1cc(F)cc2c1CC(=O)C(C(=O)Cc1cnc(NCCN)nc1)=C2. The van der Waals surface area contributed by atoms with Gasteiger partial charge >= 0.3 is 0 Å². The molecular formula is C19H20FN5O2. The van der Waals surface area contributed by atoms with E-state index in [1.165, 1.54) is 30.6 Å². The summed E-state index contributed by atoms with van der Waals surface area (Å²) in [4.78, 5) is 33.3. The summed E-state index contributed by atoms with van der Waals surface area (Å²) >= 11 is 0. The third-order valence-electron chi connectivity index (χ3n) is 4.25. The molecule has 0 fully saturated rings. The minimum Gasteiger partial charge on any atom is -0.388 e. The van der Waals surface area contributed by atoms with E-state index in [0.717, 1.165) is 0 Å². The number of aromatic nitrogens is 2. The number of halogens is 1. The fourth-order valence-corrected chi connectivity index (χ4v) is 2.94.